The first-order valence-corrected chi connectivity index (χ1v) is 6.40. The molecule has 0 radical (unpaired) electrons. The van der Waals surface area contributed by atoms with Crippen molar-refractivity contribution in [2.24, 2.45) is 11.7 Å². The molecule has 2 unspecified atom stereocenters. The number of aromatic nitrogens is 3. The molecular formula is C12H22N4O. The summed E-state index contributed by atoms with van der Waals surface area (Å²) in [5.74, 6) is 1.60. The minimum Gasteiger partial charge on any atom is -0.366 e. The molecule has 0 saturated heterocycles. The van der Waals surface area contributed by atoms with Gasteiger partial charge in [0, 0.05) is 13.1 Å². The van der Waals surface area contributed by atoms with E-state index in [4.69, 9.17) is 10.5 Å². The highest BCUT2D eigenvalue weighted by Gasteiger charge is 2.37. The van der Waals surface area contributed by atoms with Crippen LogP contribution in [0.4, 0.5) is 0 Å². The van der Waals surface area contributed by atoms with Gasteiger partial charge in [-0.05, 0) is 32.1 Å². The third kappa shape index (κ3) is 2.66. The maximum absolute atomic E-state index is 6.05. The molecular weight excluding hydrogens is 216 g/mol. The van der Waals surface area contributed by atoms with Crippen LogP contribution in [-0.4, -0.2) is 26.9 Å². The van der Waals surface area contributed by atoms with Crippen LogP contribution in [0, 0.1) is 5.92 Å². The number of nitrogens with two attached hydrogens (primary N) is 1. The van der Waals surface area contributed by atoms with E-state index in [0.29, 0.717) is 19.1 Å². The molecule has 2 atom stereocenters. The summed E-state index contributed by atoms with van der Waals surface area (Å²) in [7, 11) is 0. The SMILES string of the molecule is CCn1ncnc1COC1(CN)CCC(C)C1. The Morgan fingerprint density at radius 3 is 3.06 bits per heavy atom. The minimum atomic E-state index is -0.135. The van der Waals surface area contributed by atoms with Crippen LogP contribution in [0.3, 0.4) is 0 Å². The topological polar surface area (TPSA) is 66.0 Å². The van der Waals surface area contributed by atoms with Crippen molar-refractivity contribution in [3.8, 4) is 0 Å². The fourth-order valence-corrected chi connectivity index (χ4v) is 2.61. The molecule has 0 amide bonds. The molecule has 17 heavy (non-hydrogen) atoms. The predicted octanol–water partition coefficient (Wildman–Crippen LogP) is 1.33. The molecule has 0 aliphatic heterocycles. The molecule has 5 nitrogen and oxygen atoms in total. The van der Waals surface area contributed by atoms with Crippen LogP contribution in [0.2, 0.25) is 0 Å². The van der Waals surface area contributed by atoms with Gasteiger partial charge < -0.3 is 10.5 Å². The van der Waals surface area contributed by atoms with E-state index in [-0.39, 0.29) is 5.60 Å². The first-order chi connectivity index (χ1) is 8.19. The lowest BCUT2D eigenvalue weighted by atomic mass is 10.0. The Balaban J connectivity index is 1.97. The number of ether oxygens (including phenoxy) is 1. The van der Waals surface area contributed by atoms with Crippen LogP contribution in [0.15, 0.2) is 6.33 Å². The monoisotopic (exact) mass is 238 g/mol. The summed E-state index contributed by atoms with van der Waals surface area (Å²) < 4.78 is 7.91. The van der Waals surface area contributed by atoms with Crippen molar-refractivity contribution in [2.75, 3.05) is 6.54 Å². The van der Waals surface area contributed by atoms with E-state index >= 15 is 0 Å². The van der Waals surface area contributed by atoms with Gasteiger partial charge >= 0.3 is 0 Å². The summed E-state index contributed by atoms with van der Waals surface area (Å²) in [5, 5.41) is 4.14. The molecule has 2 N–H and O–H groups in total. The van der Waals surface area contributed by atoms with Gasteiger partial charge in [-0.3, -0.25) is 0 Å². The Morgan fingerprint density at radius 1 is 1.65 bits per heavy atom. The number of nitrogens with zero attached hydrogens (tertiary/aromatic N) is 3. The maximum atomic E-state index is 6.05. The average Bonchev–Trinajstić information content (AvgIpc) is 2.93. The molecule has 96 valence electrons. The second kappa shape index (κ2) is 5.14. The molecule has 5 heteroatoms. The molecule has 1 fully saturated rings. The molecule has 0 spiro atoms. The van der Waals surface area contributed by atoms with Gasteiger partial charge in [-0.1, -0.05) is 6.92 Å². The van der Waals surface area contributed by atoms with Crippen LogP contribution < -0.4 is 5.73 Å². The summed E-state index contributed by atoms with van der Waals surface area (Å²) in [6.07, 6.45) is 4.90. The van der Waals surface area contributed by atoms with Crippen LogP contribution in [0.1, 0.15) is 38.9 Å². The van der Waals surface area contributed by atoms with Crippen LogP contribution in [0.25, 0.3) is 0 Å². The van der Waals surface area contributed by atoms with Crippen molar-refractivity contribution in [1.82, 2.24) is 14.8 Å². The number of aryl methyl sites for hydroxylation is 1. The van der Waals surface area contributed by atoms with Crippen molar-refractivity contribution in [3.63, 3.8) is 0 Å². The predicted molar refractivity (Wildman–Crippen MR) is 65.3 cm³/mol. The number of hydrogen-bond donors (Lipinski definition) is 1. The third-order valence-electron chi connectivity index (χ3n) is 3.69. The van der Waals surface area contributed by atoms with Crippen molar-refractivity contribution in [3.05, 3.63) is 12.2 Å². The van der Waals surface area contributed by atoms with E-state index in [1.807, 2.05) is 4.68 Å². The van der Waals surface area contributed by atoms with E-state index < -0.39 is 0 Å². The number of hydrogen-bond acceptors (Lipinski definition) is 4. The first-order valence-electron chi connectivity index (χ1n) is 6.40. The van der Waals surface area contributed by atoms with Gasteiger partial charge in [0.15, 0.2) is 5.82 Å². The highest BCUT2D eigenvalue weighted by Crippen LogP contribution is 2.36. The second-order valence-corrected chi connectivity index (χ2v) is 5.02. The third-order valence-corrected chi connectivity index (χ3v) is 3.69. The maximum Gasteiger partial charge on any atom is 0.152 e. The highest BCUT2D eigenvalue weighted by molar-refractivity contribution is 4.92. The van der Waals surface area contributed by atoms with E-state index in [9.17, 15) is 0 Å². The Morgan fingerprint density at radius 2 is 2.47 bits per heavy atom. The molecule has 1 saturated carbocycles. The minimum absolute atomic E-state index is 0.135. The quantitative estimate of drug-likeness (QED) is 0.840. The van der Waals surface area contributed by atoms with Crippen molar-refractivity contribution < 1.29 is 4.74 Å². The van der Waals surface area contributed by atoms with Gasteiger partial charge in [0.25, 0.3) is 0 Å². The zero-order valence-corrected chi connectivity index (χ0v) is 10.7. The van der Waals surface area contributed by atoms with E-state index in [1.165, 1.54) is 6.42 Å². The van der Waals surface area contributed by atoms with E-state index in [2.05, 4.69) is 23.9 Å². The Kier molecular flexibility index (Phi) is 3.79. The molecule has 1 heterocycles. The lowest BCUT2D eigenvalue weighted by Crippen LogP contribution is -2.38. The lowest BCUT2D eigenvalue weighted by Gasteiger charge is -2.27. The summed E-state index contributed by atoms with van der Waals surface area (Å²) in [6, 6.07) is 0. The van der Waals surface area contributed by atoms with Gasteiger partial charge in [0.05, 0.1) is 5.60 Å². The molecule has 0 aromatic carbocycles. The fraction of sp³-hybridized carbons (Fsp3) is 0.833. The summed E-state index contributed by atoms with van der Waals surface area (Å²) in [4.78, 5) is 4.22. The Hall–Kier alpha value is -0.940. The molecule has 2 rings (SSSR count). The van der Waals surface area contributed by atoms with Gasteiger partial charge in [-0.15, -0.1) is 0 Å². The van der Waals surface area contributed by atoms with Crippen LogP contribution >= 0.6 is 0 Å². The average molecular weight is 238 g/mol. The van der Waals surface area contributed by atoms with Gasteiger partial charge in [0.1, 0.15) is 12.9 Å². The second-order valence-electron chi connectivity index (χ2n) is 5.02. The standard InChI is InChI=1S/C12H22N4O/c1-3-16-11(14-9-15-16)7-17-12(8-13)5-4-10(2)6-12/h9-10H,3-8,13H2,1-2H3. The fourth-order valence-electron chi connectivity index (χ4n) is 2.61. The van der Waals surface area contributed by atoms with Crippen molar-refractivity contribution in [2.45, 2.75) is 51.9 Å². The Labute approximate surface area is 102 Å². The number of rotatable bonds is 5. The van der Waals surface area contributed by atoms with Gasteiger partial charge in [0.2, 0.25) is 0 Å². The first kappa shape index (κ1) is 12.5. The molecule has 1 aromatic rings. The molecule has 1 aliphatic carbocycles. The van der Waals surface area contributed by atoms with Crippen LogP contribution in [-0.2, 0) is 17.9 Å². The van der Waals surface area contributed by atoms with Crippen molar-refractivity contribution >= 4 is 0 Å². The Bertz CT molecular complexity index is 365. The van der Waals surface area contributed by atoms with Crippen LogP contribution in [0.5, 0.6) is 0 Å². The van der Waals surface area contributed by atoms with E-state index in [1.54, 1.807) is 6.33 Å². The molecule has 1 aliphatic rings. The zero-order valence-electron chi connectivity index (χ0n) is 10.7. The molecule has 1 aromatic heterocycles. The summed E-state index contributed by atoms with van der Waals surface area (Å²) in [5.41, 5.74) is 5.74. The smallest absolute Gasteiger partial charge is 0.152 e. The van der Waals surface area contributed by atoms with Gasteiger partial charge in [-0.25, -0.2) is 9.67 Å². The highest BCUT2D eigenvalue weighted by atomic mass is 16.5. The summed E-state index contributed by atoms with van der Waals surface area (Å²) in [6.45, 7) is 6.24. The van der Waals surface area contributed by atoms with Gasteiger partial charge in [-0.2, -0.15) is 5.10 Å². The largest absolute Gasteiger partial charge is 0.366 e. The zero-order chi connectivity index (χ0) is 12.3. The van der Waals surface area contributed by atoms with E-state index in [0.717, 1.165) is 25.2 Å². The normalized spacial score (nSPS) is 28.8. The van der Waals surface area contributed by atoms with Crippen molar-refractivity contribution in [1.29, 1.82) is 0 Å². The summed E-state index contributed by atoms with van der Waals surface area (Å²) >= 11 is 0. The lowest BCUT2D eigenvalue weighted by molar-refractivity contribution is -0.0509. The molecule has 0 bridgehead atoms.